The maximum Gasteiger partial charge on any atom is 0.0203 e. The van der Waals surface area contributed by atoms with Gasteiger partial charge in [0.25, 0.3) is 0 Å². The molecule has 0 atom stereocenters. The molecule has 0 saturated carbocycles. The molecule has 1 heteroatoms. The molecule has 48 valence electrons. The molecule has 0 spiro atoms. The quantitative estimate of drug-likeness (QED) is 0.505. The summed E-state index contributed by atoms with van der Waals surface area (Å²) >= 11 is 0. The fourth-order valence-electron chi connectivity index (χ4n) is 0.0833. The molecule has 0 fully saturated rings. The van der Waals surface area contributed by atoms with Gasteiger partial charge < -0.3 is 5.41 Å². The van der Waals surface area contributed by atoms with Crippen molar-refractivity contribution in [3.63, 3.8) is 0 Å². The summed E-state index contributed by atoms with van der Waals surface area (Å²) in [6.45, 7) is 7.81. The Morgan fingerprint density at radius 1 is 1.38 bits per heavy atom. The zero-order chi connectivity index (χ0) is 6.99. The smallest absolute Gasteiger partial charge is 0.0203 e. The molecule has 0 aromatic carbocycles. The van der Waals surface area contributed by atoms with Crippen LogP contribution < -0.4 is 0 Å². The number of hydrogen-bond donors (Lipinski definition) is 1. The first-order valence-corrected chi connectivity index (χ1v) is 2.94. The van der Waals surface area contributed by atoms with Gasteiger partial charge in [-0.25, -0.2) is 0 Å². The van der Waals surface area contributed by atoms with Gasteiger partial charge in [-0.2, -0.15) is 0 Å². The van der Waals surface area contributed by atoms with Crippen LogP contribution in [0.25, 0.3) is 0 Å². The molecule has 0 rings (SSSR count). The van der Waals surface area contributed by atoms with Crippen molar-refractivity contribution in [1.29, 1.82) is 5.41 Å². The number of hydrogen-bond acceptors (Lipinski definition) is 1. The number of allylic oxidation sites excluding steroid dienone is 2. The lowest BCUT2D eigenvalue weighted by atomic mass is 10.3. The maximum atomic E-state index is 6.62. The zero-order valence-corrected chi connectivity index (χ0v) is 6.15. The van der Waals surface area contributed by atoms with Gasteiger partial charge in [-0.1, -0.05) is 19.9 Å². The molecular formula is C7H15N. The summed E-state index contributed by atoms with van der Waals surface area (Å²) in [4.78, 5) is 0. The van der Waals surface area contributed by atoms with Gasteiger partial charge in [0.05, 0.1) is 0 Å². The molecule has 0 aromatic heterocycles. The molecule has 0 bridgehead atoms. The van der Waals surface area contributed by atoms with Crippen molar-refractivity contribution in [1.82, 2.24) is 0 Å². The van der Waals surface area contributed by atoms with Crippen LogP contribution in [0.15, 0.2) is 11.6 Å². The summed E-state index contributed by atoms with van der Waals surface area (Å²) in [5.41, 5.74) is 1.01. The monoisotopic (exact) mass is 113 g/mol. The number of rotatable bonds is 1. The van der Waals surface area contributed by atoms with Crippen molar-refractivity contribution in [3.05, 3.63) is 11.6 Å². The average molecular weight is 113 g/mol. The van der Waals surface area contributed by atoms with E-state index in [0.717, 1.165) is 5.57 Å². The van der Waals surface area contributed by atoms with E-state index >= 15 is 0 Å². The van der Waals surface area contributed by atoms with Crippen molar-refractivity contribution < 1.29 is 0 Å². The van der Waals surface area contributed by atoms with Crippen LogP contribution in [0.4, 0.5) is 0 Å². The average Bonchev–Trinajstić information content (AvgIpc) is 1.91. The van der Waals surface area contributed by atoms with Gasteiger partial charge in [0.2, 0.25) is 0 Å². The Kier molecular flexibility index (Phi) is 12.5. The highest BCUT2D eigenvalue weighted by Gasteiger charge is 1.68. The predicted octanol–water partition coefficient (Wildman–Crippen LogP) is 2.63. The highest BCUT2D eigenvalue weighted by Crippen LogP contribution is 1.80. The predicted molar refractivity (Wildman–Crippen MR) is 39.6 cm³/mol. The number of nitrogens with one attached hydrogen (secondary N) is 1. The third-order valence-corrected chi connectivity index (χ3v) is 0.683. The van der Waals surface area contributed by atoms with Crippen LogP contribution in [0.1, 0.15) is 27.7 Å². The second-order valence-corrected chi connectivity index (χ2v) is 1.18. The third kappa shape index (κ3) is 9.05. The van der Waals surface area contributed by atoms with E-state index in [1.165, 1.54) is 6.21 Å². The fraction of sp³-hybridized carbons (Fsp3) is 0.571. The molecule has 0 unspecified atom stereocenters. The van der Waals surface area contributed by atoms with Crippen LogP contribution in [0.2, 0.25) is 0 Å². The molecule has 0 aliphatic carbocycles. The van der Waals surface area contributed by atoms with Crippen molar-refractivity contribution in [2.75, 3.05) is 0 Å². The first-order chi connectivity index (χ1) is 3.81. The standard InChI is InChI=1S/C5H9N.C2H6/c1-3-5(2)4-6;1-2/h3-4,6H,1-2H3;1-2H3/b5-3-,6-4?;. The molecule has 0 aromatic rings. The Bertz CT molecular complexity index is 72.5. The lowest BCUT2D eigenvalue weighted by molar-refractivity contribution is 1.48. The van der Waals surface area contributed by atoms with E-state index in [-0.39, 0.29) is 0 Å². The molecule has 0 saturated heterocycles. The second-order valence-electron chi connectivity index (χ2n) is 1.18. The van der Waals surface area contributed by atoms with Gasteiger partial charge in [-0.3, -0.25) is 0 Å². The lowest BCUT2D eigenvalue weighted by Crippen LogP contribution is -1.68. The molecular weight excluding hydrogens is 98.1 g/mol. The molecule has 1 N–H and O–H groups in total. The largest absolute Gasteiger partial charge is 0.308 e. The van der Waals surface area contributed by atoms with E-state index in [9.17, 15) is 0 Å². The summed E-state index contributed by atoms with van der Waals surface area (Å²) in [6.07, 6.45) is 3.23. The minimum absolute atomic E-state index is 1.01. The van der Waals surface area contributed by atoms with E-state index in [1.807, 2.05) is 33.8 Å². The van der Waals surface area contributed by atoms with E-state index in [2.05, 4.69) is 0 Å². The topological polar surface area (TPSA) is 23.9 Å². The van der Waals surface area contributed by atoms with Crippen molar-refractivity contribution in [2.45, 2.75) is 27.7 Å². The molecule has 1 nitrogen and oxygen atoms in total. The highest BCUT2D eigenvalue weighted by molar-refractivity contribution is 5.74. The molecule has 0 aliphatic rings. The van der Waals surface area contributed by atoms with Gasteiger partial charge in [-0.05, 0) is 19.4 Å². The molecule has 0 amide bonds. The van der Waals surface area contributed by atoms with Crippen LogP contribution in [0.5, 0.6) is 0 Å². The van der Waals surface area contributed by atoms with Crippen molar-refractivity contribution >= 4 is 6.21 Å². The van der Waals surface area contributed by atoms with E-state index in [1.54, 1.807) is 0 Å². The van der Waals surface area contributed by atoms with Crippen molar-refractivity contribution in [2.24, 2.45) is 0 Å². The summed E-state index contributed by atoms with van der Waals surface area (Å²) < 4.78 is 0. The second kappa shape index (κ2) is 9.65. The summed E-state index contributed by atoms with van der Waals surface area (Å²) in [6, 6.07) is 0. The highest BCUT2D eigenvalue weighted by atomic mass is 14.3. The fourth-order valence-corrected chi connectivity index (χ4v) is 0.0833. The Morgan fingerprint density at radius 3 is 1.75 bits per heavy atom. The minimum Gasteiger partial charge on any atom is -0.308 e. The first-order valence-electron chi connectivity index (χ1n) is 2.94. The normalized spacial score (nSPS) is 9.25. The molecule has 0 aliphatic heterocycles. The Balaban J connectivity index is 0. The maximum absolute atomic E-state index is 6.62. The third-order valence-electron chi connectivity index (χ3n) is 0.683. The lowest BCUT2D eigenvalue weighted by Gasteiger charge is -1.76. The first kappa shape index (κ1) is 10.4. The molecule has 0 radical (unpaired) electrons. The van der Waals surface area contributed by atoms with Crippen LogP contribution in [-0.2, 0) is 0 Å². The summed E-state index contributed by atoms with van der Waals surface area (Å²) in [7, 11) is 0. The van der Waals surface area contributed by atoms with Crippen LogP contribution in [0, 0.1) is 5.41 Å². The summed E-state index contributed by atoms with van der Waals surface area (Å²) in [5, 5.41) is 6.62. The van der Waals surface area contributed by atoms with E-state index < -0.39 is 0 Å². The minimum atomic E-state index is 1.01. The van der Waals surface area contributed by atoms with Crippen molar-refractivity contribution in [3.8, 4) is 0 Å². The molecule has 8 heavy (non-hydrogen) atoms. The zero-order valence-electron chi connectivity index (χ0n) is 6.15. The van der Waals surface area contributed by atoms with Gasteiger partial charge in [-0.15, -0.1) is 0 Å². The van der Waals surface area contributed by atoms with E-state index in [0.29, 0.717) is 0 Å². The van der Waals surface area contributed by atoms with Crippen LogP contribution in [-0.4, -0.2) is 6.21 Å². The Hall–Kier alpha value is -0.590. The Morgan fingerprint density at radius 2 is 1.75 bits per heavy atom. The van der Waals surface area contributed by atoms with Gasteiger partial charge in [0.15, 0.2) is 0 Å². The van der Waals surface area contributed by atoms with Gasteiger partial charge in [0.1, 0.15) is 0 Å². The van der Waals surface area contributed by atoms with Gasteiger partial charge in [0, 0.05) is 6.21 Å². The van der Waals surface area contributed by atoms with E-state index in [4.69, 9.17) is 5.41 Å². The van der Waals surface area contributed by atoms with Crippen LogP contribution >= 0.6 is 0 Å². The van der Waals surface area contributed by atoms with Crippen LogP contribution in [0.3, 0.4) is 0 Å². The SMILES string of the molecule is C/C=C(/C)C=N.CC. The van der Waals surface area contributed by atoms with Gasteiger partial charge >= 0.3 is 0 Å². The molecule has 0 heterocycles. The summed E-state index contributed by atoms with van der Waals surface area (Å²) in [5.74, 6) is 0. The Labute approximate surface area is 51.9 Å².